The normalized spacial score (nSPS) is 12.7. The van der Waals surface area contributed by atoms with Crippen molar-refractivity contribution in [3.8, 4) is 0 Å². The highest BCUT2D eigenvalue weighted by molar-refractivity contribution is 5.82. The van der Waals surface area contributed by atoms with Crippen molar-refractivity contribution in [3.63, 3.8) is 0 Å². The minimum atomic E-state index is 0.167. The number of hydrogen-bond donors (Lipinski definition) is 1. The van der Waals surface area contributed by atoms with Crippen LogP contribution in [0.3, 0.4) is 0 Å². The predicted octanol–water partition coefficient (Wildman–Crippen LogP) is 1.78. The Hall–Kier alpha value is -1.09. The Balaban J connectivity index is 2.23. The number of hydrogen-bond acceptors (Lipinski definition) is 3. The van der Waals surface area contributed by atoms with Crippen LogP contribution in [0.1, 0.15) is 26.0 Å². The molecule has 78 valence electrons. The molecule has 14 heavy (non-hydrogen) atoms. The van der Waals surface area contributed by atoms with Gasteiger partial charge in [0, 0.05) is 6.04 Å². The van der Waals surface area contributed by atoms with Gasteiger partial charge >= 0.3 is 0 Å². The molecule has 1 N–H and O–H groups in total. The number of rotatable bonds is 6. The van der Waals surface area contributed by atoms with Crippen molar-refractivity contribution in [2.75, 3.05) is 6.54 Å². The fraction of sp³-hybridized carbons (Fsp3) is 0.545. The number of ketones is 1. The maximum atomic E-state index is 11.4. The van der Waals surface area contributed by atoms with E-state index < -0.39 is 0 Å². The van der Waals surface area contributed by atoms with E-state index in [0.29, 0.717) is 19.0 Å². The number of Topliss-reactive ketones (excluding diaryl/α,β-unsaturated/α-hetero) is 1. The van der Waals surface area contributed by atoms with Gasteiger partial charge in [-0.25, -0.2) is 0 Å². The molecule has 1 heterocycles. The van der Waals surface area contributed by atoms with Crippen LogP contribution in [-0.2, 0) is 11.2 Å². The van der Waals surface area contributed by atoms with Gasteiger partial charge < -0.3 is 9.73 Å². The molecule has 3 nitrogen and oxygen atoms in total. The van der Waals surface area contributed by atoms with E-state index in [1.165, 1.54) is 0 Å². The Morgan fingerprint density at radius 3 is 3.00 bits per heavy atom. The van der Waals surface area contributed by atoms with Crippen molar-refractivity contribution in [2.24, 2.45) is 0 Å². The summed E-state index contributed by atoms with van der Waals surface area (Å²) in [5.41, 5.74) is 0. The summed E-state index contributed by atoms with van der Waals surface area (Å²) in [7, 11) is 0. The Bertz CT molecular complexity index is 267. The molecule has 1 rings (SSSR count). The van der Waals surface area contributed by atoms with Crippen LogP contribution in [0.4, 0.5) is 0 Å². The summed E-state index contributed by atoms with van der Waals surface area (Å²) >= 11 is 0. The zero-order chi connectivity index (χ0) is 10.4. The minimum absolute atomic E-state index is 0.167. The summed E-state index contributed by atoms with van der Waals surface area (Å²) in [5, 5.41) is 3.15. The molecular weight excluding hydrogens is 178 g/mol. The summed E-state index contributed by atoms with van der Waals surface area (Å²) in [5.74, 6) is 0.904. The molecule has 1 aromatic heterocycles. The van der Waals surface area contributed by atoms with Gasteiger partial charge in [-0.2, -0.15) is 0 Å². The van der Waals surface area contributed by atoms with Crippen LogP contribution in [0.25, 0.3) is 0 Å². The van der Waals surface area contributed by atoms with Crippen LogP contribution < -0.4 is 5.32 Å². The maximum absolute atomic E-state index is 11.4. The zero-order valence-electron chi connectivity index (χ0n) is 8.75. The van der Waals surface area contributed by atoms with Gasteiger partial charge in [-0.1, -0.05) is 6.92 Å². The molecule has 0 bridgehead atoms. The van der Waals surface area contributed by atoms with Crippen LogP contribution in [0, 0.1) is 0 Å². The second-order valence-corrected chi connectivity index (χ2v) is 3.49. The molecule has 1 atom stereocenters. The van der Waals surface area contributed by atoms with Crippen molar-refractivity contribution in [2.45, 2.75) is 32.7 Å². The minimum Gasteiger partial charge on any atom is -0.469 e. The fourth-order valence-electron chi connectivity index (χ4n) is 1.10. The SMILES string of the molecule is CCC(C)NCC(=O)Cc1ccco1. The predicted molar refractivity (Wildman–Crippen MR) is 55.2 cm³/mol. The van der Waals surface area contributed by atoms with Gasteiger partial charge in [0.25, 0.3) is 0 Å². The summed E-state index contributed by atoms with van der Waals surface area (Å²) in [6.45, 7) is 4.59. The van der Waals surface area contributed by atoms with Crippen LogP contribution in [0.5, 0.6) is 0 Å². The van der Waals surface area contributed by atoms with E-state index in [9.17, 15) is 4.79 Å². The molecule has 0 radical (unpaired) electrons. The highest BCUT2D eigenvalue weighted by Gasteiger charge is 2.06. The van der Waals surface area contributed by atoms with Gasteiger partial charge in [0.05, 0.1) is 19.2 Å². The average molecular weight is 195 g/mol. The molecule has 0 amide bonds. The molecule has 0 aliphatic heterocycles. The van der Waals surface area contributed by atoms with Crippen molar-refractivity contribution in [1.82, 2.24) is 5.32 Å². The lowest BCUT2D eigenvalue weighted by Gasteiger charge is -2.09. The fourth-order valence-corrected chi connectivity index (χ4v) is 1.10. The molecule has 3 heteroatoms. The first-order chi connectivity index (χ1) is 6.72. The third kappa shape index (κ3) is 3.75. The summed E-state index contributed by atoms with van der Waals surface area (Å²) in [4.78, 5) is 11.4. The van der Waals surface area contributed by atoms with E-state index in [2.05, 4.69) is 19.2 Å². The summed E-state index contributed by atoms with van der Waals surface area (Å²) < 4.78 is 5.09. The zero-order valence-corrected chi connectivity index (χ0v) is 8.75. The highest BCUT2D eigenvalue weighted by atomic mass is 16.3. The quantitative estimate of drug-likeness (QED) is 0.752. The largest absolute Gasteiger partial charge is 0.469 e. The first-order valence-electron chi connectivity index (χ1n) is 4.99. The van der Waals surface area contributed by atoms with Gasteiger partial charge in [-0.15, -0.1) is 0 Å². The first-order valence-corrected chi connectivity index (χ1v) is 4.99. The molecule has 0 aliphatic carbocycles. The average Bonchev–Trinajstić information content (AvgIpc) is 2.66. The first kappa shape index (κ1) is 11.0. The van der Waals surface area contributed by atoms with Gasteiger partial charge in [0.1, 0.15) is 5.76 Å². The number of furan rings is 1. The van der Waals surface area contributed by atoms with Crippen LogP contribution in [0.2, 0.25) is 0 Å². The van der Waals surface area contributed by atoms with E-state index in [1.54, 1.807) is 12.3 Å². The molecule has 0 saturated heterocycles. The summed E-state index contributed by atoms with van der Waals surface area (Å²) in [6.07, 6.45) is 3.01. The van der Waals surface area contributed by atoms with Gasteiger partial charge in [0.2, 0.25) is 0 Å². The van der Waals surface area contributed by atoms with Crippen LogP contribution >= 0.6 is 0 Å². The number of carbonyl (C=O) groups is 1. The lowest BCUT2D eigenvalue weighted by molar-refractivity contribution is -0.117. The van der Waals surface area contributed by atoms with Crippen molar-refractivity contribution in [1.29, 1.82) is 0 Å². The Morgan fingerprint density at radius 2 is 2.43 bits per heavy atom. The van der Waals surface area contributed by atoms with E-state index in [-0.39, 0.29) is 5.78 Å². The monoisotopic (exact) mass is 195 g/mol. The lowest BCUT2D eigenvalue weighted by atomic mass is 10.2. The van der Waals surface area contributed by atoms with Crippen LogP contribution in [-0.4, -0.2) is 18.4 Å². The topological polar surface area (TPSA) is 42.2 Å². The third-order valence-corrected chi connectivity index (χ3v) is 2.21. The number of carbonyl (C=O) groups excluding carboxylic acids is 1. The molecule has 1 unspecified atom stereocenters. The Morgan fingerprint density at radius 1 is 1.64 bits per heavy atom. The summed E-state index contributed by atoms with van der Waals surface area (Å²) in [6, 6.07) is 4.02. The number of nitrogens with one attached hydrogen (secondary N) is 1. The second-order valence-electron chi connectivity index (χ2n) is 3.49. The maximum Gasteiger partial charge on any atom is 0.154 e. The van der Waals surface area contributed by atoms with Crippen molar-refractivity contribution in [3.05, 3.63) is 24.2 Å². The van der Waals surface area contributed by atoms with Crippen molar-refractivity contribution < 1.29 is 9.21 Å². The van der Waals surface area contributed by atoms with Gasteiger partial charge in [-0.3, -0.25) is 4.79 Å². The van der Waals surface area contributed by atoms with E-state index in [1.807, 2.05) is 6.07 Å². The molecule has 0 spiro atoms. The molecule has 0 fully saturated rings. The van der Waals surface area contributed by atoms with Gasteiger partial charge in [-0.05, 0) is 25.5 Å². The molecule has 0 aliphatic rings. The Kier molecular flexibility index (Phi) is 4.40. The Labute approximate surface area is 84.5 Å². The molecule has 1 aromatic rings. The lowest BCUT2D eigenvalue weighted by Crippen LogP contribution is -2.31. The standard InChI is InChI=1S/C11H17NO2/c1-3-9(2)12-8-10(13)7-11-5-4-6-14-11/h4-6,9,12H,3,7-8H2,1-2H3. The van der Waals surface area contributed by atoms with Crippen molar-refractivity contribution >= 4 is 5.78 Å². The van der Waals surface area contributed by atoms with Gasteiger partial charge in [0.15, 0.2) is 5.78 Å². The van der Waals surface area contributed by atoms with E-state index >= 15 is 0 Å². The van der Waals surface area contributed by atoms with Crippen LogP contribution in [0.15, 0.2) is 22.8 Å². The molecular formula is C11H17NO2. The second kappa shape index (κ2) is 5.60. The van der Waals surface area contributed by atoms with E-state index in [0.717, 1.165) is 12.2 Å². The molecule has 0 aromatic carbocycles. The smallest absolute Gasteiger partial charge is 0.154 e. The molecule has 0 saturated carbocycles. The third-order valence-electron chi connectivity index (χ3n) is 2.21. The van der Waals surface area contributed by atoms with E-state index in [4.69, 9.17) is 4.42 Å². The highest BCUT2D eigenvalue weighted by Crippen LogP contribution is 2.01.